The van der Waals surface area contributed by atoms with E-state index in [2.05, 4.69) is 33.5 Å². The van der Waals surface area contributed by atoms with E-state index in [9.17, 15) is 28.8 Å². The lowest BCUT2D eigenvalue weighted by atomic mass is 9.80. The number of carbonyl (C=O) groups excluding carboxylic acids is 6. The zero-order valence-electron chi connectivity index (χ0n) is 33.6. The van der Waals surface area contributed by atoms with Crippen LogP contribution in [0.4, 0.5) is 0 Å². The minimum absolute atomic E-state index is 0.0452. The molecule has 1 aliphatic heterocycles. The van der Waals surface area contributed by atoms with Crippen molar-refractivity contribution in [2.75, 3.05) is 26.7 Å². The van der Waals surface area contributed by atoms with E-state index >= 15 is 0 Å². The minimum Gasteiger partial charge on any atom is -0.375 e. The average Bonchev–Trinajstić information content (AvgIpc) is 3.13. The largest absolute Gasteiger partial charge is 0.375 e. The molecule has 0 aromatic rings. The standard InChI is InChI=1S/C39H70N8O7/c1-7-8-9-13-16-32-25(5)39(53)47(6)31(17-23(2)3)37(51)46-33(26-14-11-10-12-15-26)38(52)44-29(20-40)35(49)45-30(36(50)43-24(4)22-54-32)21-42-34(48)27-18-28(41)19-27/h23-33H,7-22,40-41H2,1-6H3,(H,42,48)(H,43,50)(H,44,52)(H,45,49)(H,46,51)/t24-,25-,27?,28?,29+,30+,31+,32-,33+/m1/s1. The van der Waals surface area contributed by atoms with Crippen LogP contribution < -0.4 is 38.1 Å². The summed E-state index contributed by atoms with van der Waals surface area (Å²) in [7, 11) is 1.63. The molecule has 7 atom stereocenters. The minimum atomic E-state index is -1.23. The first kappa shape index (κ1) is 45.1. The van der Waals surface area contributed by atoms with Gasteiger partial charge in [0.15, 0.2) is 0 Å². The molecule has 2 saturated carbocycles. The maximum atomic E-state index is 14.2. The van der Waals surface area contributed by atoms with Crippen LogP contribution in [0, 0.1) is 23.7 Å². The molecule has 2 aliphatic carbocycles. The van der Waals surface area contributed by atoms with Gasteiger partial charge in [-0.1, -0.05) is 72.6 Å². The molecule has 3 aliphatic rings. The van der Waals surface area contributed by atoms with Crippen molar-refractivity contribution in [2.45, 2.75) is 160 Å². The van der Waals surface area contributed by atoms with Crippen molar-refractivity contribution in [1.29, 1.82) is 0 Å². The van der Waals surface area contributed by atoms with Gasteiger partial charge in [0, 0.05) is 38.1 Å². The molecule has 3 rings (SSSR count). The van der Waals surface area contributed by atoms with Crippen molar-refractivity contribution >= 4 is 35.4 Å². The molecule has 0 aromatic carbocycles. The van der Waals surface area contributed by atoms with Crippen LogP contribution in [-0.2, 0) is 33.5 Å². The topological polar surface area (TPSA) is 227 Å². The SMILES string of the molecule is CCCCCC[C@H]1OC[C@@H](C)NC(=O)[C@H](CNC(=O)C2CC(N)C2)NC(=O)[C@H](CN)NC(=O)[C@H](C2CCCCC2)NC(=O)[C@H](CC(C)C)N(C)C(=O)[C@@H]1C. The Bertz CT molecular complexity index is 1260. The van der Waals surface area contributed by atoms with Crippen LogP contribution >= 0.6 is 0 Å². The van der Waals surface area contributed by atoms with Crippen molar-refractivity contribution in [3.63, 3.8) is 0 Å². The van der Waals surface area contributed by atoms with Crippen molar-refractivity contribution in [2.24, 2.45) is 35.1 Å². The van der Waals surface area contributed by atoms with Gasteiger partial charge in [0.1, 0.15) is 24.2 Å². The third-order valence-corrected chi connectivity index (χ3v) is 11.3. The fourth-order valence-corrected chi connectivity index (χ4v) is 7.74. The number of ether oxygens (including phenoxy) is 1. The Balaban J connectivity index is 1.98. The van der Waals surface area contributed by atoms with E-state index in [1.54, 1.807) is 14.0 Å². The normalized spacial score (nSPS) is 31.6. The molecule has 6 amide bonds. The van der Waals surface area contributed by atoms with E-state index in [1.807, 2.05) is 20.8 Å². The Kier molecular flexibility index (Phi) is 18.6. The van der Waals surface area contributed by atoms with Gasteiger partial charge in [-0.15, -0.1) is 0 Å². The summed E-state index contributed by atoms with van der Waals surface area (Å²) in [5.41, 5.74) is 11.9. The molecule has 15 nitrogen and oxygen atoms in total. The first-order chi connectivity index (χ1) is 25.7. The molecule has 9 N–H and O–H groups in total. The second kappa shape index (κ2) is 22.3. The predicted molar refractivity (Wildman–Crippen MR) is 206 cm³/mol. The van der Waals surface area contributed by atoms with Crippen LogP contribution in [0.5, 0.6) is 0 Å². The molecular weight excluding hydrogens is 692 g/mol. The van der Waals surface area contributed by atoms with Gasteiger partial charge in [0.25, 0.3) is 0 Å². The highest BCUT2D eigenvalue weighted by Gasteiger charge is 2.39. The zero-order valence-corrected chi connectivity index (χ0v) is 33.6. The van der Waals surface area contributed by atoms with Crippen LogP contribution in [0.3, 0.4) is 0 Å². The summed E-state index contributed by atoms with van der Waals surface area (Å²) >= 11 is 0. The number of nitrogens with two attached hydrogens (primary N) is 2. The summed E-state index contributed by atoms with van der Waals surface area (Å²) in [6.45, 7) is 9.27. The highest BCUT2D eigenvalue weighted by atomic mass is 16.5. The molecule has 54 heavy (non-hydrogen) atoms. The molecule has 1 heterocycles. The van der Waals surface area contributed by atoms with E-state index in [-0.39, 0.29) is 55.3 Å². The number of unbranched alkanes of at least 4 members (excludes halogenated alkanes) is 3. The quantitative estimate of drug-likeness (QED) is 0.142. The van der Waals surface area contributed by atoms with Crippen molar-refractivity contribution < 1.29 is 33.5 Å². The van der Waals surface area contributed by atoms with E-state index in [1.165, 1.54) is 4.90 Å². The van der Waals surface area contributed by atoms with Gasteiger partial charge in [-0.05, 0) is 57.3 Å². The molecule has 0 aromatic heterocycles. The maximum absolute atomic E-state index is 14.2. The first-order valence-corrected chi connectivity index (χ1v) is 20.5. The van der Waals surface area contributed by atoms with Crippen LogP contribution in [-0.4, -0.2) is 109 Å². The van der Waals surface area contributed by atoms with Gasteiger partial charge < -0.3 is 47.7 Å². The molecular formula is C39H70N8O7. The van der Waals surface area contributed by atoms with E-state index < -0.39 is 65.9 Å². The number of rotatable bonds is 12. The number of hydrogen-bond acceptors (Lipinski definition) is 9. The summed E-state index contributed by atoms with van der Waals surface area (Å²) in [5, 5.41) is 14.1. The lowest BCUT2D eigenvalue weighted by molar-refractivity contribution is -0.147. The fourth-order valence-electron chi connectivity index (χ4n) is 7.74. The van der Waals surface area contributed by atoms with E-state index in [4.69, 9.17) is 16.2 Å². The Morgan fingerprint density at radius 3 is 2.15 bits per heavy atom. The second-order valence-corrected chi connectivity index (χ2v) is 16.4. The van der Waals surface area contributed by atoms with E-state index in [0.717, 1.165) is 44.9 Å². The van der Waals surface area contributed by atoms with Crippen LogP contribution in [0.15, 0.2) is 0 Å². The number of carbonyl (C=O) groups is 6. The van der Waals surface area contributed by atoms with Gasteiger partial charge in [0.05, 0.1) is 18.6 Å². The molecule has 0 unspecified atom stereocenters. The number of nitrogens with one attached hydrogen (secondary N) is 5. The van der Waals surface area contributed by atoms with Crippen LogP contribution in [0.1, 0.15) is 118 Å². The van der Waals surface area contributed by atoms with Crippen molar-refractivity contribution in [3.05, 3.63) is 0 Å². The predicted octanol–water partition coefficient (Wildman–Crippen LogP) is 1.22. The first-order valence-electron chi connectivity index (χ1n) is 20.5. The molecule has 0 bridgehead atoms. The zero-order chi connectivity index (χ0) is 39.9. The van der Waals surface area contributed by atoms with Gasteiger partial charge in [-0.3, -0.25) is 28.8 Å². The Morgan fingerprint density at radius 1 is 0.889 bits per heavy atom. The summed E-state index contributed by atoms with van der Waals surface area (Å²) < 4.78 is 6.38. The van der Waals surface area contributed by atoms with Crippen LogP contribution in [0.25, 0.3) is 0 Å². The molecule has 0 radical (unpaired) electrons. The maximum Gasteiger partial charge on any atom is 0.244 e. The highest BCUT2D eigenvalue weighted by Crippen LogP contribution is 2.28. The smallest absolute Gasteiger partial charge is 0.244 e. The number of likely N-dealkylation sites (N-methyl/N-ethyl adjacent to an activating group) is 1. The Labute approximate surface area is 322 Å². The van der Waals surface area contributed by atoms with E-state index in [0.29, 0.717) is 38.5 Å². The second-order valence-electron chi connectivity index (χ2n) is 16.4. The summed E-state index contributed by atoms with van der Waals surface area (Å²) in [6, 6.07) is -4.83. The monoisotopic (exact) mass is 763 g/mol. The molecule has 1 saturated heterocycles. The molecule has 15 heteroatoms. The third kappa shape index (κ3) is 13.5. The summed E-state index contributed by atoms with van der Waals surface area (Å²) in [4.78, 5) is 84.2. The number of nitrogens with zero attached hydrogens (tertiary/aromatic N) is 1. The molecule has 3 fully saturated rings. The Hall–Kier alpha value is -3.30. The molecule has 0 spiro atoms. The van der Waals surface area contributed by atoms with Gasteiger partial charge in [0.2, 0.25) is 35.4 Å². The van der Waals surface area contributed by atoms with Crippen molar-refractivity contribution in [3.8, 4) is 0 Å². The molecule has 308 valence electrons. The van der Waals surface area contributed by atoms with Gasteiger partial charge in [-0.2, -0.15) is 0 Å². The third-order valence-electron chi connectivity index (χ3n) is 11.3. The average molecular weight is 763 g/mol. The van der Waals surface area contributed by atoms with Gasteiger partial charge in [-0.25, -0.2) is 0 Å². The fraction of sp³-hybridized carbons (Fsp3) is 0.846. The summed E-state index contributed by atoms with van der Waals surface area (Å²) in [6.07, 6.45) is 9.73. The summed E-state index contributed by atoms with van der Waals surface area (Å²) in [5.74, 6) is -3.75. The lowest BCUT2D eigenvalue weighted by Crippen LogP contribution is -2.62. The van der Waals surface area contributed by atoms with Crippen molar-refractivity contribution in [1.82, 2.24) is 31.5 Å². The van der Waals surface area contributed by atoms with Crippen LogP contribution in [0.2, 0.25) is 0 Å². The lowest BCUT2D eigenvalue weighted by Gasteiger charge is -2.36. The number of hydrogen-bond donors (Lipinski definition) is 7. The Morgan fingerprint density at radius 2 is 1.54 bits per heavy atom. The van der Waals surface area contributed by atoms with Gasteiger partial charge >= 0.3 is 0 Å². The number of amides is 6. The highest BCUT2D eigenvalue weighted by molar-refractivity contribution is 5.96.